The molecule has 5 heteroatoms. The fourth-order valence-corrected chi connectivity index (χ4v) is 2.51. The van der Waals surface area contributed by atoms with Crippen molar-refractivity contribution in [3.63, 3.8) is 0 Å². The number of nitrogens with zero attached hydrogens (tertiary/aromatic N) is 3. The van der Waals surface area contributed by atoms with Gasteiger partial charge in [0.05, 0.1) is 18.8 Å². The van der Waals surface area contributed by atoms with Gasteiger partial charge < -0.3 is 10.4 Å². The van der Waals surface area contributed by atoms with Crippen molar-refractivity contribution in [3.8, 4) is 0 Å². The van der Waals surface area contributed by atoms with Gasteiger partial charge in [-0.3, -0.25) is 9.58 Å². The normalized spacial score (nSPS) is 19.7. The average molecular weight is 252 g/mol. The van der Waals surface area contributed by atoms with Crippen molar-refractivity contribution in [1.82, 2.24) is 20.0 Å². The lowest BCUT2D eigenvalue weighted by Crippen LogP contribution is -2.34. The third-order valence-corrected chi connectivity index (χ3v) is 3.48. The maximum atomic E-state index is 9.66. The monoisotopic (exact) mass is 252 g/mol. The summed E-state index contributed by atoms with van der Waals surface area (Å²) < 4.78 is 1.97. The minimum atomic E-state index is 0.0931. The molecule has 1 aromatic heterocycles. The smallest absolute Gasteiger partial charge is 0.0629 e. The van der Waals surface area contributed by atoms with E-state index in [2.05, 4.69) is 28.4 Å². The first-order chi connectivity index (χ1) is 8.85. The van der Waals surface area contributed by atoms with Crippen LogP contribution in [0.4, 0.5) is 0 Å². The molecule has 2 rings (SSSR count). The second-order valence-electron chi connectivity index (χ2n) is 4.87. The van der Waals surface area contributed by atoms with Crippen molar-refractivity contribution in [1.29, 1.82) is 0 Å². The summed E-state index contributed by atoms with van der Waals surface area (Å²) in [7, 11) is 0. The molecule has 0 spiro atoms. The van der Waals surface area contributed by atoms with Crippen LogP contribution in [0.15, 0.2) is 12.4 Å². The van der Waals surface area contributed by atoms with Crippen LogP contribution in [0.1, 0.15) is 31.4 Å². The summed E-state index contributed by atoms with van der Waals surface area (Å²) in [5.74, 6) is 0. The Bertz CT molecular complexity index is 345. The molecule has 1 fully saturated rings. The number of nitrogens with one attached hydrogen (secondary N) is 1. The molecule has 2 N–H and O–H groups in total. The Balaban J connectivity index is 2.05. The second kappa shape index (κ2) is 6.87. The zero-order valence-corrected chi connectivity index (χ0v) is 11.2. The largest absolute Gasteiger partial charge is 0.394 e. The van der Waals surface area contributed by atoms with Gasteiger partial charge in [-0.15, -0.1) is 0 Å². The van der Waals surface area contributed by atoms with Crippen LogP contribution in [0.5, 0.6) is 0 Å². The molecule has 1 aliphatic heterocycles. The van der Waals surface area contributed by atoms with Crippen LogP contribution in [-0.2, 0) is 6.54 Å². The predicted octanol–water partition coefficient (Wildman–Crippen LogP) is 0.622. The number of aryl methyl sites for hydroxylation is 1. The molecule has 0 aliphatic carbocycles. The van der Waals surface area contributed by atoms with E-state index in [4.69, 9.17) is 0 Å². The molecule has 0 saturated carbocycles. The molecular weight excluding hydrogens is 228 g/mol. The highest BCUT2D eigenvalue weighted by atomic mass is 16.3. The van der Waals surface area contributed by atoms with Gasteiger partial charge in [-0.2, -0.15) is 5.10 Å². The van der Waals surface area contributed by atoms with E-state index < -0.39 is 0 Å². The van der Waals surface area contributed by atoms with Gasteiger partial charge in [-0.05, 0) is 19.4 Å². The average Bonchev–Trinajstić information content (AvgIpc) is 2.66. The second-order valence-corrected chi connectivity index (χ2v) is 4.87. The van der Waals surface area contributed by atoms with Crippen molar-refractivity contribution < 1.29 is 5.11 Å². The van der Waals surface area contributed by atoms with Crippen LogP contribution in [-0.4, -0.2) is 52.6 Å². The number of rotatable bonds is 5. The van der Waals surface area contributed by atoms with E-state index >= 15 is 0 Å². The maximum Gasteiger partial charge on any atom is 0.0629 e. The number of hydrogen-bond acceptors (Lipinski definition) is 4. The molecule has 0 amide bonds. The predicted molar refractivity (Wildman–Crippen MR) is 71.4 cm³/mol. The molecule has 0 aromatic carbocycles. The van der Waals surface area contributed by atoms with Gasteiger partial charge in [-0.25, -0.2) is 0 Å². The van der Waals surface area contributed by atoms with Crippen molar-refractivity contribution in [3.05, 3.63) is 18.0 Å². The Kier molecular flexibility index (Phi) is 5.16. The standard InChI is InChI=1S/C13H24N4O/c1-2-6-17-10-12(9-15-17)13(11-18)16-7-3-4-14-5-8-16/h9-10,13-14,18H,2-8,11H2,1H3. The van der Waals surface area contributed by atoms with Gasteiger partial charge in [0, 0.05) is 37.9 Å². The van der Waals surface area contributed by atoms with Crippen molar-refractivity contribution >= 4 is 0 Å². The number of hydrogen-bond donors (Lipinski definition) is 2. The fraction of sp³-hybridized carbons (Fsp3) is 0.769. The SMILES string of the molecule is CCCn1cc(C(CO)N2CCCNCC2)cn1. The zero-order chi connectivity index (χ0) is 12.8. The van der Waals surface area contributed by atoms with Crippen molar-refractivity contribution in [2.75, 3.05) is 32.8 Å². The lowest BCUT2D eigenvalue weighted by atomic mass is 10.1. The lowest BCUT2D eigenvalue weighted by Gasteiger charge is -2.28. The van der Waals surface area contributed by atoms with E-state index in [-0.39, 0.29) is 12.6 Å². The van der Waals surface area contributed by atoms with Crippen LogP contribution in [0.25, 0.3) is 0 Å². The van der Waals surface area contributed by atoms with Crippen LogP contribution in [0.3, 0.4) is 0 Å². The van der Waals surface area contributed by atoms with E-state index in [0.29, 0.717) is 0 Å². The Morgan fingerprint density at radius 2 is 2.33 bits per heavy atom. The molecule has 1 aliphatic rings. The molecule has 1 unspecified atom stereocenters. The summed E-state index contributed by atoms with van der Waals surface area (Å²) in [5.41, 5.74) is 1.13. The molecule has 0 bridgehead atoms. The minimum Gasteiger partial charge on any atom is -0.394 e. The third kappa shape index (κ3) is 3.31. The first-order valence-electron chi connectivity index (χ1n) is 6.93. The van der Waals surface area contributed by atoms with Crippen LogP contribution >= 0.6 is 0 Å². The van der Waals surface area contributed by atoms with Crippen molar-refractivity contribution in [2.24, 2.45) is 0 Å². The highest BCUT2D eigenvalue weighted by molar-refractivity contribution is 5.11. The maximum absolute atomic E-state index is 9.66. The summed E-state index contributed by atoms with van der Waals surface area (Å²) in [4.78, 5) is 2.35. The number of aromatic nitrogens is 2. The van der Waals surface area contributed by atoms with Gasteiger partial charge in [-0.1, -0.05) is 6.92 Å². The Hall–Kier alpha value is -0.910. The van der Waals surface area contributed by atoms with Gasteiger partial charge in [0.15, 0.2) is 0 Å². The summed E-state index contributed by atoms with van der Waals surface area (Å²) in [6.07, 6.45) is 6.19. The third-order valence-electron chi connectivity index (χ3n) is 3.48. The summed E-state index contributed by atoms with van der Waals surface area (Å²) in [5, 5.41) is 17.4. The minimum absolute atomic E-state index is 0.0931. The first-order valence-corrected chi connectivity index (χ1v) is 6.93. The molecule has 2 heterocycles. The first kappa shape index (κ1) is 13.5. The van der Waals surface area contributed by atoms with E-state index in [0.717, 1.165) is 51.1 Å². The van der Waals surface area contributed by atoms with Gasteiger partial charge in [0.2, 0.25) is 0 Å². The Morgan fingerprint density at radius 1 is 1.44 bits per heavy atom. The molecule has 1 saturated heterocycles. The molecule has 18 heavy (non-hydrogen) atoms. The molecule has 1 aromatic rings. The molecule has 1 atom stereocenters. The van der Waals surface area contributed by atoms with Crippen LogP contribution < -0.4 is 5.32 Å². The lowest BCUT2D eigenvalue weighted by molar-refractivity contribution is 0.129. The summed E-state index contributed by atoms with van der Waals surface area (Å²) >= 11 is 0. The van der Waals surface area contributed by atoms with E-state index in [9.17, 15) is 5.11 Å². The zero-order valence-electron chi connectivity index (χ0n) is 11.2. The van der Waals surface area contributed by atoms with Crippen molar-refractivity contribution in [2.45, 2.75) is 32.4 Å². The quantitative estimate of drug-likeness (QED) is 0.807. The molecule has 5 nitrogen and oxygen atoms in total. The van der Waals surface area contributed by atoms with Crippen LogP contribution in [0, 0.1) is 0 Å². The van der Waals surface area contributed by atoms with Gasteiger partial charge in [0.1, 0.15) is 0 Å². The highest BCUT2D eigenvalue weighted by Crippen LogP contribution is 2.20. The number of aliphatic hydroxyl groups excluding tert-OH is 1. The molecular formula is C13H24N4O. The topological polar surface area (TPSA) is 53.3 Å². The summed E-state index contributed by atoms with van der Waals surface area (Å²) in [6, 6.07) is 0.0931. The van der Waals surface area contributed by atoms with Crippen LogP contribution in [0.2, 0.25) is 0 Å². The van der Waals surface area contributed by atoms with Gasteiger partial charge in [0.25, 0.3) is 0 Å². The Labute approximate surface area is 109 Å². The fourth-order valence-electron chi connectivity index (χ4n) is 2.51. The molecule has 0 radical (unpaired) electrons. The Morgan fingerprint density at radius 3 is 3.11 bits per heavy atom. The van der Waals surface area contributed by atoms with E-state index in [1.165, 1.54) is 0 Å². The summed E-state index contributed by atoms with van der Waals surface area (Å²) in [6.45, 7) is 7.35. The van der Waals surface area contributed by atoms with E-state index in [1.807, 2.05) is 10.9 Å². The number of aliphatic hydroxyl groups is 1. The highest BCUT2D eigenvalue weighted by Gasteiger charge is 2.21. The van der Waals surface area contributed by atoms with Gasteiger partial charge >= 0.3 is 0 Å². The van der Waals surface area contributed by atoms with E-state index in [1.54, 1.807) is 0 Å². The molecule has 102 valence electrons.